The highest BCUT2D eigenvalue weighted by molar-refractivity contribution is 7.84. The fourth-order valence-electron chi connectivity index (χ4n) is 1.81. The molecule has 0 amide bonds. The van der Waals surface area contributed by atoms with Crippen molar-refractivity contribution < 1.29 is 17.8 Å². The highest BCUT2D eigenvalue weighted by Crippen LogP contribution is 2.62. The third-order valence-electron chi connectivity index (χ3n) is 3.21. The summed E-state index contributed by atoms with van der Waals surface area (Å²) in [6.07, 6.45) is 0. The van der Waals surface area contributed by atoms with E-state index in [9.17, 15) is 8.77 Å². The first-order chi connectivity index (χ1) is 9.60. The maximum absolute atomic E-state index is 13.0. The lowest BCUT2D eigenvalue weighted by Crippen LogP contribution is -2.46. The smallest absolute Gasteiger partial charge is 0.310 e. The summed E-state index contributed by atoms with van der Waals surface area (Å²) in [4.78, 5) is 0. The maximum Gasteiger partial charge on any atom is 0.355 e. The minimum Gasteiger partial charge on any atom is -0.310 e. The molecule has 0 aromatic heterocycles. The molecule has 1 unspecified atom stereocenters. The van der Waals surface area contributed by atoms with Crippen LogP contribution in [-0.4, -0.2) is 23.2 Å². The van der Waals surface area contributed by atoms with Gasteiger partial charge in [-0.05, 0) is 33.3 Å². The zero-order chi connectivity index (χ0) is 16.3. The molecule has 1 rings (SSSR count). The minimum atomic E-state index is -3.55. The van der Waals surface area contributed by atoms with Crippen molar-refractivity contribution in [2.24, 2.45) is 0 Å². The Labute approximate surface area is 129 Å². The molecule has 21 heavy (non-hydrogen) atoms. The van der Waals surface area contributed by atoms with Crippen LogP contribution in [0.25, 0.3) is 0 Å². The zero-order valence-corrected chi connectivity index (χ0v) is 15.1. The Kier molecular flexibility index (Phi) is 5.92. The molecule has 0 spiro atoms. The van der Waals surface area contributed by atoms with Gasteiger partial charge in [-0.1, -0.05) is 30.3 Å². The van der Waals surface area contributed by atoms with Gasteiger partial charge in [0.2, 0.25) is 0 Å². The number of hydrogen-bond acceptors (Lipinski definition) is 4. The molecule has 1 N–H and O–H groups in total. The second-order valence-electron chi connectivity index (χ2n) is 5.78. The molecule has 0 bridgehead atoms. The van der Waals surface area contributed by atoms with Gasteiger partial charge >= 0.3 is 7.60 Å². The van der Waals surface area contributed by atoms with Gasteiger partial charge in [-0.2, -0.15) is 0 Å². The Hall–Kier alpha value is -0.520. The van der Waals surface area contributed by atoms with E-state index in [4.69, 9.17) is 9.05 Å². The van der Waals surface area contributed by atoms with Crippen molar-refractivity contribution in [3.63, 3.8) is 0 Å². The summed E-state index contributed by atoms with van der Waals surface area (Å²) in [7, 11) is -2.34. The largest absolute Gasteiger partial charge is 0.355 e. The second kappa shape index (κ2) is 6.71. The Balaban J connectivity index is 3.38. The molecule has 1 aromatic rings. The highest BCUT2D eigenvalue weighted by Gasteiger charge is 2.49. The molecule has 0 fully saturated rings. The summed E-state index contributed by atoms with van der Waals surface area (Å²) in [5.41, 5.74) is 0.689. The monoisotopic (exact) mass is 333 g/mol. The SMILES string of the molecule is COP(=O)(OC)[C@@](C)(NS(=O)C(C)(C)C)c1ccccc1. The van der Waals surface area contributed by atoms with Gasteiger partial charge in [0, 0.05) is 14.2 Å². The Morgan fingerprint density at radius 1 is 1.05 bits per heavy atom. The summed E-state index contributed by atoms with van der Waals surface area (Å²) < 4.78 is 38.2. The van der Waals surface area contributed by atoms with E-state index < -0.39 is 28.6 Å². The van der Waals surface area contributed by atoms with Crippen LogP contribution in [0, 0.1) is 0 Å². The molecule has 7 heteroatoms. The van der Waals surface area contributed by atoms with Crippen molar-refractivity contribution >= 4 is 18.6 Å². The highest BCUT2D eigenvalue weighted by atomic mass is 32.2. The molecule has 0 radical (unpaired) electrons. The predicted molar refractivity (Wildman–Crippen MR) is 86.4 cm³/mol. The van der Waals surface area contributed by atoms with Gasteiger partial charge in [0.15, 0.2) is 5.28 Å². The van der Waals surface area contributed by atoms with Crippen molar-refractivity contribution in [3.05, 3.63) is 35.9 Å². The van der Waals surface area contributed by atoms with E-state index in [0.717, 1.165) is 0 Å². The first kappa shape index (κ1) is 18.5. The third kappa shape index (κ3) is 3.82. The van der Waals surface area contributed by atoms with E-state index in [-0.39, 0.29) is 0 Å². The molecule has 120 valence electrons. The standard InChI is InChI=1S/C14H24NO4PS/c1-13(2,3)21(17)15-14(4,20(16,18-5)19-6)12-10-8-7-9-11-12/h7-11,15H,1-6H3/t14-,21?/m1/s1. The quantitative estimate of drug-likeness (QED) is 0.811. The molecule has 2 atom stereocenters. The summed E-state index contributed by atoms with van der Waals surface area (Å²) in [6.45, 7) is 7.20. The van der Waals surface area contributed by atoms with Gasteiger partial charge in [0.1, 0.15) is 0 Å². The number of nitrogens with one attached hydrogen (secondary N) is 1. The molecular formula is C14H24NO4PS. The summed E-state index contributed by atoms with van der Waals surface area (Å²) >= 11 is 0. The first-order valence-corrected chi connectivity index (χ1v) is 9.27. The average Bonchev–Trinajstić information content (AvgIpc) is 2.46. The first-order valence-electron chi connectivity index (χ1n) is 6.57. The fourth-order valence-corrected chi connectivity index (χ4v) is 4.63. The normalized spacial score (nSPS) is 17.2. The second-order valence-corrected chi connectivity index (χ2v) is 10.4. The maximum atomic E-state index is 13.0. The van der Waals surface area contributed by atoms with E-state index in [1.807, 2.05) is 39.0 Å². The third-order valence-corrected chi connectivity index (χ3v) is 7.50. The molecule has 0 aliphatic rings. The lowest BCUT2D eigenvalue weighted by atomic mass is 10.1. The topological polar surface area (TPSA) is 64.6 Å². The minimum absolute atomic E-state index is 0.512. The van der Waals surface area contributed by atoms with Gasteiger partial charge in [-0.15, -0.1) is 0 Å². The Bertz CT molecular complexity index is 536. The fraction of sp³-hybridized carbons (Fsp3) is 0.571. The summed E-state index contributed by atoms with van der Waals surface area (Å²) in [5, 5.41) is -1.21. The van der Waals surface area contributed by atoms with E-state index in [1.54, 1.807) is 19.1 Å². The molecule has 0 heterocycles. The van der Waals surface area contributed by atoms with Gasteiger partial charge < -0.3 is 9.05 Å². The zero-order valence-electron chi connectivity index (χ0n) is 13.4. The van der Waals surface area contributed by atoms with Crippen LogP contribution in [0.4, 0.5) is 0 Å². The Morgan fingerprint density at radius 3 is 1.90 bits per heavy atom. The number of hydrogen-bond donors (Lipinski definition) is 1. The van der Waals surface area contributed by atoms with Crippen molar-refractivity contribution in [3.8, 4) is 0 Å². The van der Waals surface area contributed by atoms with Crippen LogP contribution in [-0.2, 0) is 29.9 Å². The van der Waals surface area contributed by atoms with Crippen molar-refractivity contribution in [2.75, 3.05) is 14.2 Å². The predicted octanol–water partition coefficient (Wildman–Crippen LogP) is 3.40. The van der Waals surface area contributed by atoms with Crippen molar-refractivity contribution in [1.29, 1.82) is 0 Å². The summed E-state index contributed by atoms with van der Waals surface area (Å²) in [6, 6.07) is 9.11. The van der Waals surface area contributed by atoms with Gasteiger partial charge in [-0.25, -0.2) is 8.93 Å². The van der Waals surface area contributed by atoms with Gasteiger partial charge in [0.05, 0.1) is 15.7 Å². The van der Waals surface area contributed by atoms with E-state index >= 15 is 0 Å². The van der Waals surface area contributed by atoms with Crippen LogP contribution in [0.1, 0.15) is 33.3 Å². The van der Waals surface area contributed by atoms with Crippen LogP contribution in [0.2, 0.25) is 0 Å². The van der Waals surface area contributed by atoms with Gasteiger partial charge in [-0.3, -0.25) is 4.57 Å². The van der Waals surface area contributed by atoms with Crippen LogP contribution in [0.5, 0.6) is 0 Å². The lowest BCUT2D eigenvalue weighted by Gasteiger charge is -2.37. The number of rotatable bonds is 6. The van der Waals surface area contributed by atoms with Crippen molar-refractivity contribution in [1.82, 2.24) is 4.72 Å². The number of benzene rings is 1. The van der Waals surface area contributed by atoms with E-state index in [1.165, 1.54) is 14.2 Å². The molecule has 0 aliphatic carbocycles. The summed E-state index contributed by atoms with van der Waals surface area (Å²) in [5.74, 6) is 0. The van der Waals surface area contributed by atoms with Crippen molar-refractivity contribution in [2.45, 2.75) is 37.7 Å². The molecule has 0 saturated heterocycles. The van der Waals surface area contributed by atoms with Crippen LogP contribution in [0.3, 0.4) is 0 Å². The Morgan fingerprint density at radius 2 is 1.52 bits per heavy atom. The lowest BCUT2D eigenvalue weighted by molar-refractivity contribution is 0.244. The van der Waals surface area contributed by atoms with Gasteiger partial charge in [0.25, 0.3) is 0 Å². The average molecular weight is 333 g/mol. The molecule has 5 nitrogen and oxygen atoms in total. The van der Waals surface area contributed by atoms with E-state index in [2.05, 4.69) is 4.72 Å². The van der Waals surface area contributed by atoms with Crippen LogP contribution < -0.4 is 4.72 Å². The molecule has 0 aliphatic heterocycles. The molecular weight excluding hydrogens is 309 g/mol. The van der Waals surface area contributed by atoms with Crippen LogP contribution in [0.15, 0.2) is 30.3 Å². The molecule has 1 aromatic carbocycles. The molecule has 0 saturated carbocycles. The van der Waals surface area contributed by atoms with E-state index in [0.29, 0.717) is 5.56 Å². The van der Waals surface area contributed by atoms with Crippen LogP contribution >= 0.6 is 7.60 Å².